The minimum Gasteiger partial charge on any atom is -0.332 e. The SMILES string of the molecule is CCCN(CC(=O)Nc1ccccc1C)C(=O)CN1C(=O)c2ccccc2C1=O. The molecule has 1 N–H and O–H groups in total. The zero-order valence-corrected chi connectivity index (χ0v) is 16.5. The first-order chi connectivity index (χ1) is 13.9. The molecule has 0 fully saturated rings. The number of nitrogens with one attached hydrogen (secondary N) is 1. The summed E-state index contributed by atoms with van der Waals surface area (Å²) in [7, 11) is 0. The van der Waals surface area contributed by atoms with Gasteiger partial charge in [-0.1, -0.05) is 37.3 Å². The van der Waals surface area contributed by atoms with Crippen LogP contribution in [0.3, 0.4) is 0 Å². The Morgan fingerprint density at radius 1 is 0.966 bits per heavy atom. The summed E-state index contributed by atoms with van der Waals surface area (Å²) in [5, 5.41) is 2.80. The van der Waals surface area contributed by atoms with E-state index in [-0.39, 0.29) is 19.0 Å². The summed E-state index contributed by atoms with van der Waals surface area (Å²) in [6.45, 7) is 3.59. The summed E-state index contributed by atoms with van der Waals surface area (Å²) in [5.41, 5.74) is 2.19. The summed E-state index contributed by atoms with van der Waals surface area (Å²) in [6.07, 6.45) is 0.644. The summed E-state index contributed by atoms with van der Waals surface area (Å²) < 4.78 is 0. The highest BCUT2D eigenvalue weighted by Gasteiger charge is 2.37. The molecule has 2 aromatic rings. The zero-order chi connectivity index (χ0) is 21.0. The van der Waals surface area contributed by atoms with Crippen molar-refractivity contribution in [2.24, 2.45) is 0 Å². The van der Waals surface area contributed by atoms with E-state index in [4.69, 9.17) is 0 Å². The molecule has 0 radical (unpaired) electrons. The van der Waals surface area contributed by atoms with Crippen molar-refractivity contribution < 1.29 is 19.2 Å². The third-order valence-corrected chi connectivity index (χ3v) is 4.77. The van der Waals surface area contributed by atoms with Crippen LogP contribution in [0.4, 0.5) is 5.69 Å². The van der Waals surface area contributed by atoms with Gasteiger partial charge in [-0.15, -0.1) is 0 Å². The van der Waals surface area contributed by atoms with Crippen molar-refractivity contribution in [2.75, 3.05) is 25.0 Å². The summed E-state index contributed by atoms with van der Waals surface area (Å²) in [6, 6.07) is 13.9. The van der Waals surface area contributed by atoms with E-state index in [0.717, 1.165) is 10.5 Å². The van der Waals surface area contributed by atoms with Crippen LogP contribution in [-0.4, -0.2) is 53.1 Å². The molecule has 0 saturated heterocycles. The number of hydrogen-bond acceptors (Lipinski definition) is 4. The fourth-order valence-electron chi connectivity index (χ4n) is 3.26. The maximum atomic E-state index is 12.8. The zero-order valence-electron chi connectivity index (χ0n) is 16.5. The number of carbonyl (C=O) groups is 4. The number of fused-ring (bicyclic) bond motifs is 1. The number of imide groups is 1. The largest absolute Gasteiger partial charge is 0.332 e. The minimum absolute atomic E-state index is 0.149. The predicted molar refractivity (Wildman–Crippen MR) is 108 cm³/mol. The molecular weight excluding hydrogens is 370 g/mol. The number of carbonyl (C=O) groups excluding carboxylic acids is 4. The average molecular weight is 393 g/mol. The lowest BCUT2D eigenvalue weighted by atomic mass is 10.1. The van der Waals surface area contributed by atoms with Gasteiger partial charge < -0.3 is 10.2 Å². The molecule has 0 spiro atoms. The molecule has 0 aliphatic carbocycles. The van der Waals surface area contributed by atoms with E-state index >= 15 is 0 Å². The maximum Gasteiger partial charge on any atom is 0.262 e. The van der Waals surface area contributed by atoms with Crippen LogP contribution in [0.15, 0.2) is 48.5 Å². The van der Waals surface area contributed by atoms with Gasteiger partial charge in [0.05, 0.1) is 17.7 Å². The number of benzene rings is 2. The monoisotopic (exact) mass is 393 g/mol. The quantitative estimate of drug-likeness (QED) is 0.732. The van der Waals surface area contributed by atoms with Crippen molar-refractivity contribution in [1.82, 2.24) is 9.80 Å². The Morgan fingerprint density at radius 3 is 2.14 bits per heavy atom. The second-order valence-electron chi connectivity index (χ2n) is 6.92. The van der Waals surface area contributed by atoms with Crippen LogP contribution >= 0.6 is 0 Å². The van der Waals surface area contributed by atoms with Crippen molar-refractivity contribution in [2.45, 2.75) is 20.3 Å². The van der Waals surface area contributed by atoms with E-state index in [1.807, 2.05) is 32.0 Å². The standard InChI is InChI=1S/C22H23N3O4/c1-3-12-24(13-19(26)23-18-11-7-4-8-15(18)2)20(27)14-25-21(28)16-9-5-6-10-17(16)22(25)29/h4-11H,3,12-14H2,1-2H3,(H,23,26). The Kier molecular flexibility index (Phi) is 6.07. The second-order valence-corrected chi connectivity index (χ2v) is 6.92. The third-order valence-electron chi connectivity index (χ3n) is 4.77. The summed E-state index contributed by atoms with van der Waals surface area (Å²) in [4.78, 5) is 52.5. The van der Waals surface area contributed by atoms with Gasteiger partial charge in [0.1, 0.15) is 6.54 Å². The fraction of sp³-hybridized carbons (Fsp3) is 0.273. The van der Waals surface area contributed by atoms with Crippen molar-refractivity contribution in [3.8, 4) is 0 Å². The Balaban J connectivity index is 1.67. The van der Waals surface area contributed by atoms with Crippen molar-refractivity contribution >= 4 is 29.3 Å². The van der Waals surface area contributed by atoms with E-state index in [1.54, 1.807) is 30.3 Å². The Morgan fingerprint density at radius 2 is 1.55 bits per heavy atom. The van der Waals surface area contributed by atoms with Gasteiger partial charge in [-0.05, 0) is 37.1 Å². The molecule has 150 valence electrons. The molecule has 1 heterocycles. The highest BCUT2D eigenvalue weighted by atomic mass is 16.2. The smallest absolute Gasteiger partial charge is 0.262 e. The molecule has 0 unspecified atom stereocenters. The average Bonchev–Trinajstić information content (AvgIpc) is 2.94. The molecular formula is C22H23N3O4. The molecule has 2 aromatic carbocycles. The van der Waals surface area contributed by atoms with Gasteiger partial charge in [-0.2, -0.15) is 0 Å². The van der Waals surface area contributed by atoms with Gasteiger partial charge in [0.25, 0.3) is 11.8 Å². The third kappa shape index (κ3) is 4.34. The highest BCUT2D eigenvalue weighted by molar-refractivity contribution is 6.22. The molecule has 0 bridgehead atoms. The van der Waals surface area contributed by atoms with Gasteiger partial charge in [0.15, 0.2) is 0 Å². The second kappa shape index (κ2) is 8.68. The molecule has 0 atom stereocenters. The van der Waals surface area contributed by atoms with E-state index in [2.05, 4.69) is 5.32 Å². The maximum absolute atomic E-state index is 12.8. The van der Waals surface area contributed by atoms with Crippen LogP contribution in [0.2, 0.25) is 0 Å². The fourth-order valence-corrected chi connectivity index (χ4v) is 3.26. The molecule has 0 saturated carbocycles. The van der Waals surface area contributed by atoms with Gasteiger partial charge >= 0.3 is 0 Å². The lowest BCUT2D eigenvalue weighted by molar-refractivity contribution is -0.134. The lowest BCUT2D eigenvalue weighted by Gasteiger charge is -2.24. The van der Waals surface area contributed by atoms with Gasteiger partial charge in [0.2, 0.25) is 11.8 Å². The Labute approximate surface area is 169 Å². The summed E-state index contributed by atoms with van der Waals surface area (Å²) in [5.74, 6) is -1.75. The first-order valence-electron chi connectivity index (χ1n) is 9.50. The van der Waals surface area contributed by atoms with Crippen molar-refractivity contribution in [3.05, 3.63) is 65.2 Å². The molecule has 1 aliphatic rings. The van der Waals surface area contributed by atoms with Gasteiger partial charge in [0, 0.05) is 12.2 Å². The number of para-hydroxylation sites is 1. The van der Waals surface area contributed by atoms with Gasteiger partial charge in [-0.3, -0.25) is 24.1 Å². The van der Waals surface area contributed by atoms with Crippen molar-refractivity contribution in [3.63, 3.8) is 0 Å². The predicted octanol–water partition coefficient (Wildman–Crippen LogP) is 2.47. The molecule has 4 amide bonds. The number of nitrogens with zero attached hydrogens (tertiary/aromatic N) is 2. The minimum atomic E-state index is -0.486. The van der Waals surface area contributed by atoms with Crippen LogP contribution in [0.5, 0.6) is 0 Å². The summed E-state index contributed by atoms with van der Waals surface area (Å²) >= 11 is 0. The molecule has 1 aliphatic heterocycles. The number of anilines is 1. The van der Waals surface area contributed by atoms with Crippen molar-refractivity contribution in [1.29, 1.82) is 0 Å². The molecule has 3 rings (SSSR count). The van der Waals surface area contributed by atoms with Crippen LogP contribution < -0.4 is 5.32 Å². The molecule has 7 heteroatoms. The topological polar surface area (TPSA) is 86.8 Å². The Hall–Kier alpha value is -3.48. The normalized spacial score (nSPS) is 12.7. The first kappa shape index (κ1) is 20.3. The number of rotatable bonds is 7. The number of amides is 4. The van der Waals surface area contributed by atoms with E-state index in [9.17, 15) is 19.2 Å². The van der Waals surface area contributed by atoms with Crippen LogP contribution in [-0.2, 0) is 9.59 Å². The number of hydrogen-bond donors (Lipinski definition) is 1. The highest BCUT2D eigenvalue weighted by Crippen LogP contribution is 2.22. The Bertz CT molecular complexity index is 935. The van der Waals surface area contributed by atoms with Crippen LogP contribution in [0.25, 0.3) is 0 Å². The van der Waals surface area contributed by atoms with Crippen LogP contribution in [0.1, 0.15) is 39.6 Å². The first-order valence-corrected chi connectivity index (χ1v) is 9.50. The molecule has 7 nitrogen and oxygen atoms in total. The molecule has 0 aromatic heterocycles. The van der Waals surface area contributed by atoms with Gasteiger partial charge in [-0.25, -0.2) is 0 Å². The lowest BCUT2D eigenvalue weighted by Crippen LogP contribution is -2.45. The van der Waals surface area contributed by atoms with E-state index < -0.39 is 17.7 Å². The molecule has 29 heavy (non-hydrogen) atoms. The van der Waals surface area contributed by atoms with Crippen LogP contribution in [0, 0.1) is 6.92 Å². The number of aryl methyl sites for hydroxylation is 1. The van der Waals surface area contributed by atoms with E-state index in [0.29, 0.717) is 29.8 Å². The van der Waals surface area contributed by atoms with E-state index in [1.165, 1.54) is 4.90 Å².